The molecule has 4 heterocycles. The van der Waals surface area contributed by atoms with E-state index in [0.717, 1.165) is 7.11 Å². The molecule has 0 spiro atoms. The van der Waals surface area contributed by atoms with Crippen LogP contribution in [0.3, 0.4) is 0 Å². The van der Waals surface area contributed by atoms with Crippen LogP contribution < -0.4 is 27.1 Å². The Labute approximate surface area is 232 Å². The lowest BCUT2D eigenvalue weighted by Gasteiger charge is -2.28. The fourth-order valence-electron chi connectivity index (χ4n) is 4.14. The van der Waals surface area contributed by atoms with Gasteiger partial charge in [0.2, 0.25) is 11.8 Å². The van der Waals surface area contributed by atoms with E-state index in [9.17, 15) is 19.3 Å². The van der Waals surface area contributed by atoms with Crippen LogP contribution >= 0.6 is 7.75 Å². The Kier molecular flexibility index (Phi) is 8.84. The minimum Gasteiger partial charge on any atom is -0.476 e. The van der Waals surface area contributed by atoms with E-state index in [1.54, 1.807) is 13.8 Å². The molecule has 4 rings (SSSR count). The van der Waals surface area contributed by atoms with Crippen molar-refractivity contribution in [3.63, 3.8) is 0 Å². The number of nitrogen functional groups attached to an aromatic ring is 1. The Morgan fingerprint density at radius 2 is 2.07 bits per heavy atom. The monoisotopic (exact) mass is 601 g/mol. The first-order valence-electron chi connectivity index (χ1n) is 12.4. The molecule has 1 fully saturated rings. The molecule has 0 radical (unpaired) electrons. The number of imidazole rings is 1. The lowest BCUT2D eigenvalue weighted by Crippen LogP contribution is -2.52. The minimum absolute atomic E-state index is 0.0437. The highest BCUT2D eigenvalue weighted by molar-refractivity contribution is 7.51. The Morgan fingerprint density at radius 1 is 1.34 bits per heavy atom. The summed E-state index contributed by atoms with van der Waals surface area (Å²) in [6, 6.07) is -1.13. The molecule has 0 amide bonds. The van der Waals surface area contributed by atoms with Gasteiger partial charge in [0.25, 0.3) is 0 Å². The number of aliphatic hydroxyl groups is 1. The summed E-state index contributed by atoms with van der Waals surface area (Å²) in [7, 11) is -3.19. The van der Waals surface area contributed by atoms with E-state index in [-0.39, 0.29) is 29.0 Å². The first-order valence-corrected chi connectivity index (χ1v) is 13.9. The van der Waals surface area contributed by atoms with Gasteiger partial charge in [0.05, 0.1) is 32.2 Å². The summed E-state index contributed by atoms with van der Waals surface area (Å²) in [6.07, 6.45) is -2.14. The van der Waals surface area contributed by atoms with Crippen molar-refractivity contribution in [1.29, 1.82) is 0 Å². The number of nitrogens with one attached hydrogen (secondary N) is 1. The number of carbonyl (C=O) groups is 1. The molecule has 6 atom stereocenters. The average Bonchev–Trinajstić information content (AvgIpc) is 3.54. The molecule has 0 aliphatic carbocycles. The third kappa shape index (κ3) is 6.28. The number of aliphatic hydroxyl groups excluding tert-OH is 1. The molecule has 1 aliphatic heterocycles. The number of carbonyl (C=O) groups excluding carboxylic acids is 1. The molecule has 1 unspecified atom stereocenters. The Bertz CT molecular complexity index is 1500. The van der Waals surface area contributed by atoms with Crippen LogP contribution in [0, 0.1) is 6.92 Å². The standard InChI is InChI=1S/C22H32N7O11P/c1-6-35-17-14-16(26-20(23)27-17)29(9-25-14)19-22(4,24)15(30)13(39-19)8-37-41(33,28-10(2)18(31)34-5)36-7-12-11(3)38-21(32)40-12/h9-10,13,15,19,30H,6-8,24H2,1-5H3,(H,28,33)(H2,23,26,27)/t10-,13+,15+,19+,22+,41?/m0/s1. The van der Waals surface area contributed by atoms with Crippen molar-refractivity contribution < 1.29 is 46.6 Å². The van der Waals surface area contributed by atoms with Gasteiger partial charge in [-0.15, -0.1) is 0 Å². The highest BCUT2D eigenvalue weighted by atomic mass is 31.2. The normalized spacial score (nSPS) is 24.8. The third-order valence-electron chi connectivity index (χ3n) is 6.28. The zero-order chi connectivity index (χ0) is 30.1. The Balaban J connectivity index is 1.56. The maximum atomic E-state index is 13.6. The molecule has 3 aromatic heterocycles. The molecule has 0 bridgehead atoms. The van der Waals surface area contributed by atoms with Crippen molar-refractivity contribution in [3.8, 4) is 5.88 Å². The highest BCUT2D eigenvalue weighted by Gasteiger charge is 2.53. The molecule has 19 heteroatoms. The summed E-state index contributed by atoms with van der Waals surface area (Å²) < 4.78 is 51.9. The molecule has 0 saturated carbocycles. The molecule has 1 saturated heterocycles. The summed E-state index contributed by atoms with van der Waals surface area (Å²) in [4.78, 5) is 35.9. The van der Waals surface area contributed by atoms with Crippen LogP contribution in [-0.4, -0.2) is 74.7 Å². The van der Waals surface area contributed by atoms with E-state index >= 15 is 0 Å². The minimum atomic E-state index is -4.34. The van der Waals surface area contributed by atoms with Gasteiger partial charge < -0.3 is 39.6 Å². The van der Waals surface area contributed by atoms with Crippen LogP contribution in [-0.2, 0) is 34.5 Å². The van der Waals surface area contributed by atoms with Crippen LogP contribution in [0.1, 0.15) is 38.5 Å². The zero-order valence-corrected chi connectivity index (χ0v) is 23.8. The number of hydrogen-bond donors (Lipinski definition) is 4. The number of aryl methyl sites for hydroxylation is 1. The summed E-state index contributed by atoms with van der Waals surface area (Å²) in [5, 5.41) is 13.5. The van der Waals surface area contributed by atoms with E-state index in [1.807, 2.05) is 0 Å². The number of rotatable bonds is 12. The SMILES string of the molecule is CCOc1nc(N)nc2c1ncn2[C@@H]1O[C@H](COP(=O)(N[C@@H](C)C(=O)OC)OCc2oc(=O)oc2C)[C@@H](O)[C@@]1(C)N. The maximum Gasteiger partial charge on any atom is 0.519 e. The largest absolute Gasteiger partial charge is 0.519 e. The fraction of sp³-hybridized carbons (Fsp3) is 0.591. The second kappa shape index (κ2) is 11.8. The van der Waals surface area contributed by atoms with Gasteiger partial charge >= 0.3 is 19.5 Å². The van der Waals surface area contributed by atoms with Gasteiger partial charge in [0.15, 0.2) is 23.2 Å². The van der Waals surface area contributed by atoms with Crippen molar-refractivity contribution in [1.82, 2.24) is 24.6 Å². The molecular weight excluding hydrogens is 569 g/mol. The van der Waals surface area contributed by atoms with Crippen LogP contribution in [0.15, 0.2) is 20.0 Å². The maximum absolute atomic E-state index is 13.6. The summed E-state index contributed by atoms with van der Waals surface area (Å²) in [5.74, 6) is -1.59. The van der Waals surface area contributed by atoms with Crippen molar-refractivity contribution in [3.05, 3.63) is 28.5 Å². The number of anilines is 1. The van der Waals surface area contributed by atoms with Crippen LogP contribution in [0.4, 0.5) is 5.95 Å². The van der Waals surface area contributed by atoms with E-state index in [2.05, 4.69) is 24.8 Å². The smallest absolute Gasteiger partial charge is 0.476 e. The van der Waals surface area contributed by atoms with Crippen LogP contribution in [0.25, 0.3) is 11.2 Å². The molecule has 226 valence electrons. The number of aromatic nitrogens is 4. The second-order valence-corrected chi connectivity index (χ2v) is 11.1. The Hall–Kier alpha value is -3.38. The lowest BCUT2D eigenvalue weighted by molar-refractivity contribution is -0.142. The topological polar surface area (TPSA) is 252 Å². The number of ether oxygens (including phenoxy) is 3. The van der Waals surface area contributed by atoms with Gasteiger partial charge in [-0.2, -0.15) is 9.97 Å². The van der Waals surface area contributed by atoms with E-state index in [1.165, 1.54) is 24.7 Å². The second-order valence-electron chi connectivity index (χ2n) is 9.36. The number of hydrogen-bond acceptors (Lipinski definition) is 16. The molecule has 1 aliphatic rings. The van der Waals surface area contributed by atoms with Gasteiger partial charge in [-0.05, 0) is 27.7 Å². The van der Waals surface area contributed by atoms with Gasteiger partial charge in [0.1, 0.15) is 30.6 Å². The third-order valence-corrected chi connectivity index (χ3v) is 7.94. The van der Waals surface area contributed by atoms with E-state index < -0.39 is 62.8 Å². The van der Waals surface area contributed by atoms with E-state index in [0.29, 0.717) is 12.1 Å². The average molecular weight is 602 g/mol. The highest BCUT2D eigenvalue weighted by Crippen LogP contribution is 2.47. The predicted octanol–water partition coefficient (Wildman–Crippen LogP) is 0.130. The molecule has 6 N–H and O–H groups in total. The van der Waals surface area contributed by atoms with Gasteiger partial charge in [-0.3, -0.25) is 18.4 Å². The Morgan fingerprint density at radius 3 is 2.71 bits per heavy atom. The zero-order valence-electron chi connectivity index (χ0n) is 22.9. The van der Waals surface area contributed by atoms with Gasteiger partial charge in [-0.1, -0.05) is 0 Å². The summed E-state index contributed by atoms with van der Waals surface area (Å²) in [6.45, 7) is 5.42. The molecule has 18 nitrogen and oxygen atoms in total. The van der Waals surface area contributed by atoms with Crippen molar-refractivity contribution >= 4 is 30.8 Å². The van der Waals surface area contributed by atoms with Crippen LogP contribution in [0.2, 0.25) is 0 Å². The first-order chi connectivity index (χ1) is 19.3. The number of fused-ring (bicyclic) bond motifs is 1. The summed E-state index contributed by atoms with van der Waals surface area (Å²) >= 11 is 0. The molecule has 41 heavy (non-hydrogen) atoms. The van der Waals surface area contributed by atoms with Crippen molar-refractivity contribution in [2.45, 2.75) is 64.3 Å². The molecule has 0 aromatic carbocycles. The number of methoxy groups -OCH3 is 1. The predicted molar refractivity (Wildman–Crippen MR) is 138 cm³/mol. The molecule has 3 aromatic rings. The quantitative estimate of drug-likeness (QED) is 0.159. The summed E-state index contributed by atoms with van der Waals surface area (Å²) in [5.41, 5.74) is 11.5. The number of nitrogens with zero attached hydrogens (tertiary/aromatic N) is 4. The number of esters is 1. The lowest BCUT2D eigenvalue weighted by atomic mass is 9.93. The van der Waals surface area contributed by atoms with Crippen molar-refractivity contribution in [2.24, 2.45) is 5.73 Å². The van der Waals surface area contributed by atoms with Crippen LogP contribution in [0.5, 0.6) is 5.88 Å². The molecular formula is C22H32N7O11P. The fourth-order valence-corrected chi connectivity index (χ4v) is 5.58. The number of nitrogens with two attached hydrogens (primary N) is 2. The van der Waals surface area contributed by atoms with Gasteiger partial charge in [-0.25, -0.2) is 19.4 Å². The van der Waals surface area contributed by atoms with Gasteiger partial charge in [0, 0.05) is 0 Å². The van der Waals surface area contributed by atoms with Crippen molar-refractivity contribution in [2.75, 3.05) is 26.1 Å². The first kappa shape index (κ1) is 30.6. The van der Waals surface area contributed by atoms with E-state index in [4.69, 9.17) is 38.8 Å².